The van der Waals surface area contributed by atoms with Gasteiger partial charge in [0, 0.05) is 18.2 Å². The molecule has 148 valence electrons. The maximum absolute atomic E-state index is 14.0. The number of aromatic nitrogens is 4. The van der Waals surface area contributed by atoms with Crippen molar-refractivity contribution in [2.75, 3.05) is 0 Å². The van der Waals surface area contributed by atoms with Crippen molar-refractivity contribution in [3.8, 4) is 0 Å². The average Bonchev–Trinajstić information content (AvgIpc) is 2.55. The maximum Gasteiger partial charge on any atom is 0.436 e. The van der Waals surface area contributed by atoms with Crippen molar-refractivity contribution in [1.29, 1.82) is 0 Å². The molecule has 2 rings (SSSR count). The summed E-state index contributed by atoms with van der Waals surface area (Å²) >= 11 is 0. The van der Waals surface area contributed by atoms with Crippen molar-refractivity contribution in [3.05, 3.63) is 46.3 Å². The monoisotopic (exact) mass is 396 g/mol. The molecule has 2 aromatic rings. The molecule has 0 aromatic carbocycles. The fourth-order valence-corrected chi connectivity index (χ4v) is 2.46. The first kappa shape index (κ1) is 21.0. The standard InChI is InChI=1S/C16H15F7N4/c1-3-11-24-7-9(13(27-11)15(18,19)20)5-4-6-10-12(17)14(16(21,22)23)26-8(2)25-10/h7H,3-6H2,1-2H3. The van der Waals surface area contributed by atoms with E-state index in [9.17, 15) is 30.7 Å². The number of hydrogen-bond donors (Lipinski definition) is 0. The van der Waals surface area contributed by atoms with Crippen molar-refractivity contribution in [2.24, 2.45) is 0 Å². The lowest BCUT2D eigenvalue weighted by Crippen LogP contribution is -2.17. The van der Waals surface area contributed by atoms with Crippen LogP contribution >= 0.6 is 0 Å². The van der Waals surface area contributed by atoms with Crippen LogP contribution in [0.25, 0.3) is 0 Å². The van der Waals surface area contributed by atoms with Crippen LogP contribution in [0.1, 0.15) is 47.6 Å². The number of alkyl halides is 6. The van der Waals surface area contributed by atoms with Gasteiger partial charge in [0.25, 0.3) is 0 Å². The summed E-state index contributed by atoms with van der Waals surface area (Å²) in [6.45, 7) is 2.78. The summed E-state index contributed by atoms with van der Waals surface area (Å²) in [7, 11) is 0. The van der Waals surface area contributed by atoms with Crippen molar-refractivity contribution < 1.29 is 30.7 Å². The third-order valence-electron chi connectivity index (χ3n) is 3.66. The molecule has 27 heavy (non-hydrogen) atoms. The smallest absolute Gasteiger partial charge is 0.241 e. The van der Waals surface area contributed by atoms with Gasteiger partial charge in [-0.1, -0.05) is 6.92 Å². The van der Waals surface area contributed by atoms with Gasteiger partial charge < -0.3 is 0 Å². The van der Waals surface area contributed by atoms with E-state index in [0.717, 1.165) is 6.20 Å². The van der Waals surface area contributed by atoms with Gasteiger partial charge in [0.15, 0.2) is 17.2 Å². The number of nitrogens with zero attached hydrogens (tertiary/aromatic N) is 4. The van der Waals surface area contributed by atoms with Gasteiger partial charge in [-0.25, -0.2) is 24.3 Å². The molecule has 0 bridgehead atoms. The second-order valence-electron chi connectivity index (χ2n) is 5.74. The van der Waals surface area contributed by atoms with E-state index in [1.807, 2.05) is 0 Å². The molecule has 0 aliphatic heterocycles. The largest absolute Gasteiger partial charge is 0.436 e. The Bertz CT molecular complexity index is 816. The van der Waals surface area contributed by atoms with E-state index >= 15 is 0 Å². The van der Waals surface area contributed by atoms with E-state index in [4.69, 9.17) is 0 Å². The lowest BCUT2D eigenvalue weighted by Gasteiger charge is -2.13. The molecule has 0 aliphatic carbocycles. The quantitative estimate of drug-likeness (QED) is 0.699. The molecular formula is C16H15F7N4. The van der Waals surface area contributed by atoms with Crippen LogP contribution in [0.2, 0.25) is 0 Å². The first-order valence-electron chi connectivity index (χ1n) is 7.95. The number of halogens is 7. The second kappa shape index (κ2) is 7.73. The van der Waals surface area contributed by atoms with E-state index < -0.39 is 35.3 Å². The van der Waals surface area contributed by atoms with Gasteiger partial charge in [-0.15, -0.1) is 0 Å². The number of aryl methyl sites for hydroxylation is 4. The van der Waals surface area contributed by atoms with Gasteiger partial charge >= 0.3 is 12.4 Å². The molecule has 0 aliphatic rings. The highest BCUT2D eigenvalue weighted by Gasteiger charge is 2.38. The predicted molar refractivity (Wildman–Crippen MR) is 80.2 cm³/mol. The minimum atomic E-state index is -4.99. The Labute approximate surface area is 149 Å². The molecule has 0 N–H and O–H groups in total. The molecule has 0 radical (unpaired) electrons. The highest BCUT2D eigenvalue weighted by Crippen LogP contribution is 2.32. The van der Waals surface area contributed by atoms with Crippen LogP contribution in [0.3, 0.4) is 0 Å². The third kappa shape index (κ3) is 5.10. The molecule has 0 unspecified atom stereocenters. The Hall–Kier alpha value is -2.33. The molecule has 11 heteroatoms. The highest BCUT2D eigenvalue weighted by atomic mass is 19.4. The zero-order valence-electron chi connectivity index (χ0n) is 14.3. The zero-order valence-corrected chi connectivity index (χ0v) is 14.3. The fourth-order valence-electron chi connectivity index (χ4n) is 2.46. The van der Waals surface area contributed by atoms with Gasteiger partial charge in [-0.05, 0) is 26.2 Å². The molecule has 2 aromatic heterocycles. The van der Waals surface area contributed by atoms with Crippen LogP contribution in [0.15, 0.2) is 6.20 Å². The van der Waals surface area contributed by atoms with Crippen molar-refractivity contribution >= 4 is 0 Å². The third-order valence-corrected chi connectivity index (χ3v) is 3.66. The van der Waals surface area contributed by atoms with E-state index in [2.05, 4.69) is 19.9 Å². The summed E-state index contributed by atoms with van der Waals surface area (Å²) in [5.41, 5.74) is -3.47. The van der Waals surface area contributed by atoms with E-state index in [1.165, 1.54) is 6.92 Å². The Kier molecular flexibility index (Phi) is 6.01. The molecule has 2 heterocycles. The Morgan fingerprint density at radius 3 is 2.07 bits per heavy atom. The maximum atomic E-state index is 14.0. The van der Waals surface area contributed by atoms with Gasteiger partial charge in [-0.2, -0.15) is 26.3 Å². The number of rotatable bonds is 5. The van der Waals surface area contributed by atoms with Crippen LogP contribution in [-0.4, -0.2) is 19.9 Å². The van der Waals surface area contributed by atoms with Gasteiger partial charge in [-0.3, -0.25) is 0 Å². The molecular weight excluding hydrogens is 381 g/mol. The fraction of sp³-hybridized carbons (Fsp3) is 0.500. The Balaban J connectivity index is 2.22. The normalized spacial score (nSPS) is 12.5. The van der Waals surface area contributed by atoms with Gasteiger partial charge in [0.2, 0.25) is 0 Å². The van der Waals surface area contributed by atoms with Crippen LogP contribution in [-0.2, 0) is 31.6 Å². The molecule has 4 nitrogen and oxygen atoms in total. The van der Waals surface area contributed by atoms with E-state index in [1.54, 1.807) is 6.92 Å². The minimum Gasteiger partial charge on any atom is -0.241 e. The summed E-state index contributed by atoms with van der Waals surface area (Å²) in [5, 5.41) is 0. The average molecular weight is 396 g/mol. The first-order valence-corrected chi connectivity index (χ1v) is 7.95. The molecule has 0 saturated carbocycles. The Morgan fingerprint density at radius 2 is 1.52 bits per heavy atom. The van der Waals surface area contributed by atoms with Crippen LogP contribution < -0.4 is 0 Å². The topological polar surface area (TPSA) is 51.6 Å². The number of hydrogen-bond acceptors (Lipinski definition) is 4. The molecule has 0 fully saturated rings. The van der Waals surface area contributed by atoms with E-state index in [0.29, 0.717) is 0 Å². The Morgan fingerprint density at radius 1 is 0.889 bits per heavy atom. The minimum absolute atomic E-state index is 0.0263. The van der Waals surface area contributed by atoms with Crippen molar-refractivity contribution in [1.82, 2.24) is 19.9 Å². The first-order chi connectivity index (χ1) is 12.4. The predicted octanol–water partition coefficient (Wildman–Crippen LogP) is 4.49. The molecule has 0 amide bonds. The molecule has 0 atom stereocenters. The van der Waals surface area contributed by atoms with Gasteiger partial charge in [0.05, 0.1) is 5.69 Å². The second-order valence-corrected chi connectivity index (χ2v) is 5.74. The summed E-state index contributed by atoms with van der Waals surface area (Å²) in [6.07, 6.45) is -8.97. The van der Waals surface area contributed by atoms with Crippen LogP contribution in [0.4, 0.5) is 30.7 Å². The lowest BCUT2D eigenvalue weighted by molar-refractivity contribution is -0.144. The SMILES string of the molecule is CCc1ncc(CCCc2nc(C)nc(C(F)(F)F)c2F)c(C(F)(F)F)n1. The van der Waals surface area contributed by atoms with Crippen molar-refractivity contribution in [3.63, 3.8) is 0 Å². The summed E-state index contributed by atoms with van der Waals surface area (Å²) in [6, 6.07) is 0. The highest BCUT2D eigenvalue weighted by molar-refractivity contribution is 5.22. The van der Waals surface area contributed by atoms with Crippen LogP contribution in [0, 0.1) is 12.7 Å². The molecule has 0 spiro atoms. The zero-order chi connectivity index (χ0) is 20.4. The van der Waals surface area contributed by atoms with E-state index in [-0.39, 0.29) is 42.9 Å². The summed E-state index contributed by atoms with van der Waals surface area (Å²) in [5.74, 6) is -1.86. The summed E-state index contributed by atoms with van der Waals surface area (Å²) < 4.78 is 91.7. The van der Waals surface area contributed by atoms with Gasteiger partial charge in [0.1, 0.15) is 11.6 Å². The van der Waals surface area contributed by atoms with Crippen LogP contribution in [0.5, 0.6) is 0 Å². The van der Waals surface area contributed by atoms with Crippen molar-refractivity contribution in [2.45, 2.75) is 51.9 Å². The molecule has 0 saturated heterocycles. The lowest BCUT2D eigenvalue weighted by atomic mass is 10.1. The summed E-state index contributed by atoms with van der Waals surface area (Å²) in [4.78, 5) is 14.0.